The second kappa shape index (κ2) is 15.7. The van der Waals surface area contributed by atoms with Crippen molar-refractivity contribution < 1.29 is 28.8 Å². The van der Waals surface area contributed by atoms with Gasteiger partial charge >= 0.3 is 6.09 Å². The standard InChI is InChI=1S/C25H44N2O6/c1-17(2)16-33-25(29)27-15-22(28)21(26)14-20(18(3)4)12-19-8-9-23(31-6)24(13-19)32-11-7-10-30-5/h8-9,13,17-18,20-22,28H,7,10-12,14-16,26H2,1-6H3,(H,27,29)/t20-,21-,22-/m0/s1. The summed E-state index contributed by atoms with van der Waals surface area (Å²) in [5.41, 5.74) is 7.41. The van der Waals surface area contributed by atoms with Crippen molar-refractivity contribution >= 4 is 6.09 Å². The van der Waals surface area contributed by atoms with E-state index in [0.717, 1.165) is 18.4 Å². The second-order valence-corrected chi connectivity index (χ2v) is 9.23. The third-order valence-electron chi connectivity index (χ3n) is 5.49. The molecule has 0 aliphatic carbocycles. The molecule has 190 valence electrons. The Morgan fingerprint density at radius 1 is 1.12 bits per heavy atom. The summed E-state index contributed by atoms with van der Waals surface area (Å²) in [5.74, 6) is 2.27. The van der Waals surface area contributed by atoms with E-state index in [1.165, 1.54) is 0 Å². The average molecular weight is 469 g/mol. The van der Waals surface area contributed by atoms with Gasteiger partial charge in [-0.3, -0.25) is 0 Å². The first-order chi connectivity index (χ1) is 15.7. The quantitative estimate of drug-likeness (QED) is 0.319. The number of rotatable bonds is 16. The van der Waals surface area contributed by atoms with Gasteiger partial charge in [0.1, 0.15) is 0 Å². The molecule has 1 aromatic rings. The van der Waals surface area contributed by atoms with Crippen LogP contribution in [0.1, 0.15) is 46.1 Å². The number of carbonyl (C=O) groups is 1. The predicted octanol–water partition coefficient (Wildman–Crippen LogP) is 3.39. The summed E-state index contributed by atoms with van der Waals surface area (Å²) < 4.78 is 21.5. The molecule has 1 aromatic carbocycles. The van der Waals surface area contributed by atoms with Crippen LogP contribution in [-0.2, 0) is 15.9 Å². The summed E-state index contributed by atoms with van der Waals surface area (Å²) in [5, 5.41) is 13.0. The van der Waals surface area contributed by atoms with E-state index >= 15 is 0 Å². The Bertz CT molecular complexity index is 683. The number of nitrogens with one attached hydrogen (secondary N) is 1. The zero-order valence-corrected chi connectivity index (χ0v) is 21.1. The highest BCUT2D eigenvalue weighted by Gasteiger charge is 2.23. The summed E-state index contributed by atoms with van der Waals surface area (Å²) in [6.45, 7) is 9.81. The van der Waals surface area contributed by atoms with Crippen LogP contribution in [0.4, 0.5) is 4.79 Å². The Morgan fingerprint density at radius 2 is 1.85 bits per heavy atom. The molecule has 0 saturated carbocycles. The molecule has 0 saturated heterocycles. The Kier molecular flexibility index (Phi) is 13.8. The maximum atomic E-state index is 11.7. The van der Waals surface area contributed by atoms with Crippen molar-refractivity contribution in [1.82, 2.24) is 5.32 Å². The minimum atomic E-state index is -0.853. The van der Waals surface area contributed by atoms with Crippen LogP contribution in [0.25, 0.3) is 0 Å². The van der Waals surface area contributed by atoms with Crippen LogP contribution in [0.15, 0.2) is 18.2 Å². The van der Waals surface area contributed by atoms with E-state index in [1.54, 1.807) is 14.2 Å². The molecular weight excluding hydrogens is 424 g/mol. The van der Waals surface area contributed by atoms with Crippen molar-refractivity contribution in [2.24, 2.45) is 23.5 Å². The minimum Gasteiger partial charge on any atom is -0.493 e. The highest BCUT2D eigenvalue weighted by atomic mass is 16.5. The monoisotopic (exact) mass is 468 g/mol. The molecule has 1 rings (SSSR count). The van der Waals surface area contributed by atoms with Crippen LogP contribution in [0, 0.1) is 17.8 Å². The number of aliphatic hydroxyl groups is 1. The average Bonchev–Trinajstić information content (AvgIpc) is 2.78. The molecule has 0 aliphatic rings. The topological polar surface area (TPSA) is 112 Å². The molecule has 0 spiro atoms. The number of aliphatic hydroxyl groups excluding tert-OH is 1. The maximum Gasteiger partial charge on any atom is 0.407 e. The van der Waals surface area contributed by atoms with E-state index in [9.17, 15) is 9.90 Å². The summed E-state index contributed by atoms with van der Waals surface area (Å²) in [6.07, 6.45) is 0.822. The number of hydrogen-bond donors (Lipinski definition) is 3. The third kappa shape index (κ3) is 11.6. The molecule has 1 amide bonds. The third-order valence-corrected chi connectivity index (χ3v) is 5.49. The maximum absolute atomic E-state index is 11.7. The Labute approximate surface area is 199 Å². The number of methoxy groups -OCH3 is 2. The Hall–Kier alpha value is -2.03. The van der Waals surface area contributed by atoms with Gasteiger partial charge < -0.3 is 35.1 Å². The van der Waals surface area contributed by atoms with Gasteiger partial charge in [0, 0.05) is 32.7 Å². The first kappa shape index (κ1) is 29.0. The van der Waals surface area contributed by atoms with Crippen LogP contribution < -0.4 is 20.5 Å². The number of carbonyl (C=O) groups excluding carboxylic acids is 1. The molecule has 4 N–H and O–H groups in total. The highest BCUT2D eigenvalue weighted by molar-refractivity contribution is 5.67. The smallest absolute Gasteiger partial charge is 0.407 e. The molecule has 0 radical (unpaired) electrons. The van der Waals surface area contributed by atoms with Gasteiger partial charge in [0.25, 0.3) is 0 Å². The molecule has 3 atom stereocenters. The number of benzene rings is 1. The van der Waals surface area contributed by atoms with Gasteiger partial charge in [-0.05, 0) is 48.3 Å². The van der Waals surface area contributed by atoms with E-state index in [2.05, 4.69) is 19.2 Å². The van der Waals surface area contributed by atoms with Crippen molar-refractivity contribution in [2.75, 3.05) is 40.6 Å². The van der Waals surface area contributed by atoms with Gasteiger partial charge in [-0.25, -0.2) is 4.79 Å². The zero-order valence-electron chi connectivity index (χ0n) is 21.1. The molecule has 0 fully saturated rings. The minimum absolute atomic E-state index is 0.0604. The number of ether oxygens (including phenoxy) is 4. The van der Waals surface area contributed by atoms with Crippen LogP contribution >= 0.6 is 0 Å². The molecule has 0 aromatic heterocycles. The van der Waals surface area contributed by atoms with Crippen molar-refractivity contribution in [1.29, 1.82) is 0 Å². The van der Waals surface area contributed by atoms with E-state index < -0.39 is 18.2 Å². The summed E-state index contributed by atoms with van der Waals surface area (Å²) in [6, 6.07) is 5.49. The molecule has 8 heteroatoms. The zero-order chi connectivity index (χ0) is 24.8. The van der Waals surface area contributed by atoms with Gasteiger partial charge in [0.05, 0.1) is 26.4 Å². The second-order valence-electron chi connectivity index (χ2n) is 9.23. The van der Waals surface area contributed by atoms with E-state index in [4.69, 9.17) is 24.7 Å². The lowest BCUT2D eigenvalue weighted by Gasteiger charge is -2.27. The SMILES string of the molecule is COCCCOc1cc(C[C@@H](C[C@H](N)[C@@H](O)CNC(=O)OCC(C)C)C(C)C)ccc1OC. The van der Waals surface area contributed by atoms with E-state index in [0.29, 0.717) is 43.7 Å². The van der Waals surface area contributed by atoms with Crippen molar-refractivity contribution in [3.63, 3.8) is 0 Å². The first-order valence-corrected chi connectivity index (χ1v) is 11.8. The molecule has 0 bridgehead atoms. The lowest BCUT2D eigenvalue weighted by molar-refractivity contribution is 0.106. The van der Waals surface area contributed by atoms with Crippen LogP contribution in [-0.4, -0.2) is 63.9 Å². The largest absolute Gasteiger partial charge is 0.493 e. The molecule has 0 unspecified atom stereocenters. The molecule has 0 aliphatic heterocycles. The van der Waals surface area contributed by atoms with Gasteiger partial charge in [-0.1, -0.05) is 33.8 Å². The lowest BCUT2D eigenvalue weighted by atomic mass is 9.83. The number of nitrogens with two attached hydrogens (primary N) is 1. The normalized spacial score (nSPS) is 14.1. The Balaban J connectivity index is 2.68. The fraction of sp³-hybridized carbons (Fsp3) is 0.720. The summed E-state index contributed by atoms with van der Waals surface area (Å²) in [4.78, 5) is 11.7. The van der Waals surface area contributed by atoms with Crippen LogP contribution in [0.2, 0.25) is 0 Å². The van der Waals surface area contributed by atoms with Crippen molar-refractivity contribution in [2.45, 2.75) is 59.1 Å². The number of amides is 1. The summed E-state index contributed by atoms with van der Waals surface area (Å²) >= 11 is 0. The van der Waals surface area contributed by atoms with Crippen molar-refractivity contribution in [3.8, 4) is 11.5 Å². The fourth-order valence-corrected chi connectivity index (χ4v) is 3.38. The van der Waals surface area contributed by atoms with Crippen LogP contribution in [0.5, 0.6) is 11.5 Å². The fourth-order valence-electron chi connectivity index (χ4n) is 3.38. The van der Waals surface area contributed by atoms with Gasteiger partial charge in [0.15, 0.2) is 11.5 Å². The van der Waals surface area contributed by atoms with Crippen LogP contribution in [0.3, 0.4) is 0 Å². The molecule has 8 nitrogen and oxygen atoms in total. The lowest BCUT2D eigenvalue weighted by Crippen LogP contribution is -2.45. The molecular formula is C25H44N2O6. The van der Waals surface area contributed by atoms with Crippen molar-refractivity contribution in [3.05, 3.63) is 23.8 Å². The molecule has 33 heavy (non-hydrogen) atoms. The van der Waals surface area contributed by atoms with Gasteiger partial charge in [-0.2, -0.15) is 0 Å². The van der Waals surface area contributed by atoms with Gasteiger partial charge in [0.2, 0.25) is 0 Å². The predicted molar refractivity (Wildman–Crippen MR) is 130 cm³/mol. The molecule has 0 heterocycles. The number of alkyl carbamates (subject to hydrolysis) is 1. The first-order valence-electron chi connectivity index (χ1n) is 11.8. The van der Waals surface area contributed by atoms with Gasteiger partial charge in [-0.15, -0.1) is 0 Å². The highest BCUT2D eigenvalue weighted by Crippen LogP contribution is 2.31. The van der Waals surface area contributed by atoms with E-state index in [1.807, 2.05) is 32.0 Å². The Morgan fingerprint density at radius 3 is 2.45 bits per heavy atom. The summed E-state index contributed by atoms with van der Waals surface area (Å²) in [7, 11) is 3.30. The number of hydrogen-bond acceptors (Lipinski definition) is 7. The van der Waals surface area contributed by atoms with E-state index in [-0.39, 0.29) is 18.4 Å².